The molecule has 1 aromatic heterocycles. The molecule has 0 aromatic carbocycles. The summed E-state index contributed by atoms with van der Waals surface area (Å²) in [6.07, 6.45) is 4.04. The number of nitrogens with zero attached hydrogens (tertiary/aromatic N) is 3. The van der Waals surface area contributed by atoms with Crippen molar-refractivity contribution in [2.75, 3.05) is 25.1 Å². The molecule has 2 rings (SSSR count). The Kier molecular flexibility index (Phi) is 3.83. The largest absolute Gasteiger partial charge is 0.381 e. The van der Waals surface area contributed by atoms with Crippen molar-refractivity contribution >= 4 is 21.6 Å². The normalized spacial score (nSPS) is 17.5. The molecule has 0 radical (unpaired) electrons. The lowest BCUT2D eigenvalue weighted by molar-refractivity contribution is 0.0819. The van der Waals surface area contributed by atoms with E-state index in [2.05, 4.69) is 25.9 Å². The molecule has 5 nitrogen and oxygen atoms in total. The average molecular weight is 302 g/mol. The lowest BCUT2D eigenvalue weighted by atomic mass is 10.1. The van der Waals surface area contributed by atoms with Crippen molar-refractivity contribution in [3.63, 3.8) is 0 Å². The Morgan fingerprint density at radius 3 is 2.71 bits per heavy atom. The van der Waals surface area contributed by atoms with Crippen LogP contribution in [0.25, 0.3) is 0 Å². The predicted molar refractivity (Wildman–Crippen MR) is 69.4 cm³/mol. The highest BCUT2D eigenvalue weighted by Crippen LogP contribution is 2.25. The number of halogens is 1. The van der Waals surface area contributed by atoms with Crippen LogP contribution in [0.3, 0.4) is 0 Å². The smallest absolute Gasteiger partial charge is 0.282 e. The second-order valence-electron chi connectivity index (χ2n) is 4.19. The molecular formula is C11H16BrN3O2. The molecule has 1 aliphatic rings. The van der Waals surface area contributed by atoms with E-state index in [9.17, 15) is 4.79 Å². The van der Waals surface area contributed by atoms with E-state index < -0.39 is 0 Å². The number of rotatable bonds is 2. The molecule has 1 aromatic rings. The van der Waals surface area contributed by atoms with Gasteiger partial charge < -0.3 is 9.64 Å². The molecule has 17 heavy (non-hydrogen) atoms. The minimum absolute atomic E-state index is 0.101. The Morgan fingerprint density at radius 1 is 1.47 bits per heavy atom. The average Bonchev–Trinajstić information content (AvgIpc) is 2.36. The number of piperidine rings is 1. The van der Waals surface area contributed by atoms with Gasteiger partial charge in [-0.1, -0.05) is 0 Å². The highest BCUT2D eigenvalue weighted by molar-refractivity contribution is 9.10. The Labute approximate surface area is 109 Å². The lowest BCUT2D eigenvalue weighted by Gasteiger charge is -2.33. The maximum Gasteiger partial charge on any atom is 0.282 e. The van der Waals surface area contributed by atoms with Gasteiger partial charge in [0.2, 0.25) is 0 Å². The van der Waals surface area contributed by atoms with E-state index in [4.69, 9.17) is 4.74 Å². The summed E-state index contributed by atoms with van der Waals surface area (Å²) in [5.74, 6) is 0. The van der Waals surface area contributed by atoms with Gasteiger partial charge in [-0.3, -0.25) is 4.79 Å². The van der Waals surface area contributed by atoms with E-state index in [-0.39, 0.29) is 5.56 Å². The van der Waals surface area contributed by atoms with Crippen LogP contribution in [0.2, 0.25) is 0 Å². The van der Waals surface area contributed by atoms with Gasteiger partial charge in [0.25, 0.3) is 5.56 Å². The van der Waals surface area contributed by atoms with E-state index in [0.717, 1.165) is 31.6 Å². The van der Waals surface area contributed by atoms with Crippen molar-refractivity contribution in [3.05, 3.63) is 21.0 Å². The fourth-order valence-corrected chi connectivity index (χ4v) is 2.66. The Hall–Kier alpha value is -0.880. The van der Waals surface area contributed by atoms with Gasteiger partial charge in [0.15, 0.2) is 0 Å². The topological polar surface area (TPSA) is 47.4 Å². The quantitative estimate of drug-likeness (QED) is 0.822. The summed E-state index contributed by atoms with van der Waals surface area (Å²) in [5, 5.41) is 4.06. The SMILES string of the molecule is COC1CCN(c2cnn(C)c(=O)c2Br)CC1. The summed E-state index contributed by atoms with van der Waals surface area (Å²) < 4.78 is 7.25. The Bertz CT molecular complexity index is 453. The van der Waals surface area contributed by atoms with Crippen LogP contribution in [0.5, 0.6) is 0 Å². The number of hydrogen-bond donors (Lipinski definition) is 0. The number of anilines is 1. The molecule has 0 bridgehead atoms. The molecule has 94 valence electrons. The zero-order chi connectivity index (χ0) is 12.4. The van der Waals surface area contributed by atoms with Crippen LogP contribution >= 0.6 is 15.9 Å². The summed E-state index contributed by atoms with van der Waals surface area (Å²) in [7, 11) is 3.39. The van der Waals surface area contributed by atoms with Gasteiger partial charge in [0.1, 0.15) is 4.47 Å². The van der Waals surface area contributed by atoms with Crippen LogP contribution in [0.4, 0.5) is 5.69 Å². The highest BCUT2D eigenvalue weighted by Gasteiger charge is 2.21. The minimum Gasteiger partial charge on any atom is -0.381 e. The zero-order valence-electron chi connectivity index (χ0n) is 10.0. The van der Waals surface area contributed by atoms with E-state index in [1.54, 1.807) is 20.4 Å². The van der Waals surface area contributed by atoms with Gasteiger partial charge in [-0.2, -0.15) is 5.10 Å². The zero-order valence-corrected chi connectivity index (χ0v) is 11.6. The third-order valence-corrected chi connectivity index (χ3v) is 3.92. The van der Waals surface area contributed by atoms with Crippen LogP contribution in [-0.2, 0) is 11.8 Å². The van der Waals surface area contributed by atoms with Crippen LogP contribution < -0.4 is 10.5 Å². The maximum absolute atomic E-state index is 11.8. The van der Waals surface area contributed by atoms with Crippen LogP contribution in [0.15, 0.2) is 15.5 Å². The molecular weight excluding hydrogens is 286 g/mol. The number of aryl methyl sites for hydroxylation is 1. The molecule has 2 heterocycles. The first-order valence-corrected chi connectivity index (χ1v) is 6.42. The Morgan fingerprint density at radius 2 is 2.12 bits per heavy atom. The molecule has 0 spiro atoms. The van der Waals surface area contributed by atoms with Crippen molar-refractivity contribution in [3.8, 4) is 0 Å². The molecule has 1 fully saturated rings. The summed E-state index contributed by atoms with van der Waals surface area (Å²) >= 11 is 3.35. The predicted octanol–water partition coefficient (Wildman–Crippen LogP) is 1.16. The van der Waals surface area contributed by atoms with Gasteiger partial charge in [-0.25, -0.2) is 4.68 Å². The number of methoxy groups -OCH3 is 1. The van der Waals surface area contributed by atoms with Gasteiger partial charge in [-0.05, 0) is 28.8 Å². The molecule has 0 amide bonds. The fraction of sp³-hybridized carbons (Fsp3) is 0.636. The summed E-state index contributed by atoms with van der Waals surface area (Å²) in [4.78, 5) is 13.9. The van der Waals surface area contributed by atoms with Crippen molar-refractivity contribution in [1.82, 2.24) is 9.78 Å². The second-order valence-corrected chi connectivity index (χ2v) is 4.99. The third-order valence-electron chi connectivity index (χ3n) is 3.18. The number of hydrogen-bond acceptors (Lipinski definition) is 4. The van der Waals surface area contributed by atoms with Crippen LogP contribution in [0.1, 0.15) is 12.8 Å². The number of aromatic nitrogens is 2. The Balaban J connectivity index is 2.19. The van der Waals surface area contributed by atoms with Crippen molar-refractivity contribution in [2.24, 2.45) is 7.05 Å². The molecule has 6 heteroatoms. The molecule has 0 aliphatic carbocycles. The second kappa shape index (κ2) is 5.18. The molecule has 1 saturated heterocycles. The standard InChI is InChI=1S/C11H16BrN3O2/c1-14-11(16)10(12)9(7-13-14)15-5-3-8(17-2)4-6-15/h7-8H,3-6H2,1-2H3. The van der Waals surface area contributed by atoms with Gasteiger partial charge >= 0.3 is 0 Å². The van der Waals surface area contributed by atoms with E-state index in [0.29, 0.717) is 10.6 Å². The van der Waals surface area contributed by atoms with E-state index in [1.165, 1.54) is 4.68 Å². The first-order chi connectivity index (χ1) is 8.13. The molecule has 0 unspecified atom stereocenters. The molecule has 0 N–H and O–H groups in total. The third kappa shape index (κ3) is 2.52. The van der Waals surface area contributed by atoms with E-state index >= 15 is 0 Å². The van der Waals surface area contributed by atoms with Crippen molar-refractivity contribution < 1.29 is 4.74 Å². The van der Waals surface area contributed by atoms with Crippen molar-refractivity contribution in [1.29, 1.82) is 0 Å². The van der Waals surface area contributed by atoms with E-state index in [1.807, 2.05) is 0 Å². The first kappa shape index (κ1) is 12.6. The van der Waals surface area contributed by atoms with Crippen LogP contribution in [0, 0.1) is 0 Å². The summed E-state index contributed by atoms with van der Waals surface area (Å²) in [6.45, 7) is 1.79. The van der Waals surface area contributed by atoms with Crippen LogP contribution in [-0.4, -0.2) is 36.1 Å². The maximum atomic E-state index is 11.8. The fourth-order valence-electron chi connectivity index (χ4n) is 2.05. The first-order valence-electron chi connectivity index (χ1n) is 5.63. The summed E-state index contributed by atoms with van der Waals surface area (Å²) in [6, 6.07) is 0. The monoisotopic (exact) mass is 301 g/mol. The van der Waals surface area contributed by atoms with Gasteiger partial charge in [0, 0.05) is 27.2 Å². The minimum atomic E-state index is -0.101. The molecule has 1 aliphatic heterocycles. The van der Waals surface area contributed by atoms with Gasteiger partial charge in [0.05, 0.1) is 18.0 Å². The molecule has 0 saturated carbocycles. The van der Waals surface area contributed by atoms with Gasteiger partial charge in [-0.15, -0.1) is 0 Å². The number of ether oxygens (including phenoxy) is 1. The summed E-state index contributed by atoms with van der Waals surface area (Å²) in [5.41, 5.74) is 0.777. The van der Waals surface area contributed by atoms with Crippen molar-refractivity contribution in [2.45, 2.75) is 18.9 Å². The lowest BCUT2D eigenvalue weighted by Crippen LogP contribution is -2.38. The molecule has 0 atom stereocenters. The highest BCUT2D eigenvalue weighted by atomic mass is 79.9.